The first kappa shape index (κ1) is 12.1. The number of ether oxygens (including phenoxy) is 1. The highest BCUT2D eigenvalue weighted by molar-refractivity contribution is 4.99. The molecule has 0 spiro atoms. The number of nitrogens with two attached hydrogens (primary N) is 1. The molecule has 0 aliphatic rings. The molecule has 0 saturated carbocycles. The molecule has 1 rings (SSSR count). The molecule has 0 bridgehead atoms. The molecule has 1 heterocycles. The van der Waals surface area contributed by atoms with Crippen LogP contribution in [0.15, 0.2) is 4.52 Å². The van der Waals surface area contributed by atoms with Crippen LogP contribution in [0.5, 0.6) is 0 Å². The largest absolute Gasteiger partial charge is 0.369 e. The van der Waals surface area contributed by atoms with Gasteiger partial charge in [0.25, 0.3) is 5.89 Å². The highest BCUT2D eigenvalue weighted by Crippen LogP contribution is 2.24. The summed E-state index contributed by atoms with van der Waals surface area (Å²) in [6, 6.07) is -0.199. The zero-order valence-corrected chi connectivity index (χ0v) is 9.94. The first-order valence-electron chi connectivity index (χ1n) is 5.03. The maximum Gasteiger partial charge on any atom is 0.258 e. The topological polar surface area (TPSA) is 74.2 Å². The van der Waals surface area contributed by atoms with Gasteiger partial charge in [0.1, 0.15) is 5.60 Å². The van der Waals surface area contributed by atoms with Crippen molar-refractivity contribution in [1.29, 1.82) is 0 Å². The second kappa shape index (κ2) is 4.28. The fourth-order valence-corrected chi connectivity index (χ4v) is 1.00. The van der Waals surface area contributed by atoms with E-state index < -0.39 is 5.60 Å². The van der Waals surface area contributed by atoms with Crippen LogP contribution >= 0.6 is 0 Å². The van der Waals surface area contributed by atoms with Gasteiger partial charge in [0.2, 0.25) is 0 Å². The van der Waals surface area contributed by atoms with Gasteiger partial charge < -0.3 is 15.0 Å². The monoisotopic (exact) mass is 213 g/mol. The van der Waals surface area contributed by atoms with E-state index in [1.807, 2.05) is 27.7 Å². The second-order valence-corrected chi connectivity index (χ2v) is 4.44. The molecule has 0 radical (unpaired) electrons. The van der Waals surface area contributed by atoms with Gasteiger partial charge >= 0.3 is 0 Å². The van der Waals surface area contributed by atoms with Crippen molar-refractivity contribution in [2.45, 2.75) is 39.3 Å². The van der Waals surface area contributed by atoms with Crippen LogP contribution in [0.3, 0.4) is 0 Å². The summed E-state index contributed by atoms with van der Waals surface area (Å²) < 4.78 is 10.4. The predicted molar refractivity (Wildman–Crippen MR) is 56.1 cm³/mol. The van der Waals surface area contributed by atoms with E-state index in [1.54, 1.807) is 7.11 Å². The zero-order chi connectivity index (χ0) is 11.6. The van der Waals surface area contributed by atoms with Crippen molar-refractivity contribution in [1.82, 2.24) is 10.1 Å². The summed E-state index contributed by atoms with van der Waals surface area (Å²) in [4.78, 5) is 4.25. The number of rotatable bonds is 4. The molecule has 0 amide bonds. The minimum Gasteiger partial charge on any atom is -0.369 e. The van der Waals surface area contributed by atoms with Gasteiger partial charge in [-0.25, -0.2) is 0 Å². The van der Waals surface area contributed by atoms with Crippen LogP contribution in [-0.2, 0) is 10.3 Å². The summed E-state index contributed by atoms with van der Waals surface area (Å²) in [7, 11) is 1.60. The smallest absolute Gasteiger partial charge is 0.258 e. The summed E-state index contributed by atoms with van der Waals surface area (Å²) >= 11 is 0. The molecule has 5 nitrogen and oxygen atoms in total. The van der Waals surface area contributed by atoms with Gasteiger partial charge in [-0.1, -0.05) is 19.0 Å². The minimum absolute atomic E-state index is 0.199. The Bertz CT molecular complexity index is 320. The molecule has 1 aromatic heterocycles. The van der Waals surface area contributed by atoms with Gasteiger partial charge in [-0.15, -0.1) is 0 Å². The average Bonchev–Trinajstić information content (AvgIpc) is 2.65. The molecular weight excluding hydrogens is 194 g/mol. The van der Waals surface area contributed by atoms with Gasteiger partial charge in [0, 0.05) is 7.11 Å². The number of hydrogen-bond acceptors (Lipinski definition) is 5. The van der Waals surface area contributed by atoms with Gasteiger partial charge in [-0.3, -0.25) is 0 Å². The molecule has 1 atom stereocenters. The fourth-order valence-electron chi connectivity index (χ4n) is 1.00. The standard InChI is InChI=1S/C10H19N3O2/c1-6(2)7(11)8-12-9(15-13-8)10(3,4)14-5/h6-7H,11H2,1-5H3. The number of nitrogens with zero attached hydrogens (tertiary/aromatic N) is 2. The van der Waals surface area contributed by atoms with E-state index >= 15 is 0 Å². The second-order valence-electron chi connectivity index (χ2n) is 4.44. The average molecular weight is 213 g/mol. The van der Waals surface area contributed by atoms with E-state index in [9.17, 15) is 0 Å². The van der Waals surface area contributed by atoms with E-state index in [-0.39, 0.29) is 12.0 Å². The van der Waals surface area contributed by atoms with E-state index in [0.717, 1.165) is 0 Å². The zero-order valence-electron chi connectivity index (χ0n) is 9.94. The Morgan fingerprint density at radius 2 is 2.00 bits per heavy atom. The first-order valence-corrected chi connectivity index (χ1v) is 5.03. The summed E-state index contributed by atoms with van der Waals surface area (Å²) in [6.07, 6.45) is 0. The van der Waals surface area contributed by atoms with Crippen LogP contribution in [0.25, 0.3) is 0 Å². The van der Waals surface area contributed by atoms with E-state index in [2.05, 4.69) is 10.1 Å². The lowest BCUT2D eigenvalue weighted by Crippen LogP contribution is -2.21. The van der Waals surface area contributed by atoms with Crippen molar-refractivity contribution in [3.8, 4) is 0 Å². The maximum atomic E-state index is 5.91. The van der Waals surface area contributed by atoms with E-state index in [4.69, 9.17) is 15.0 Å². The Morgan fingerprint density at radius 3 is 2.47 bits per heavy atom. The molecule has 0 fully saturated rings. The molecule has 0 aromatic carbocycles. The molecule has 1 aromatic rings. The summed E-state index contributed by atoms with van der Waals surface area (Å²) in [6.45, 7) is 7.76. The molecule has 1 unspecified atom stereocenters. The third-order valence-corrected chi connectivity index (χ3v) is 2.48. The highest BCUT2D eigenvalue weighted by Gasteiger charge is 2.28. The van der Waals surface area contributed by atoms with Crippen molar-refractivity contribution in [3.63, 3.8) is 0 Å². The van der Waals surface area contributed by atoms with Crippen molar-refractivity contribution in [2.24, 2.45) is 11.7 Å². The highest BCUT2D eigenvalue weighted by atomic mass is 16.5. The lowest BCUT2D eigenvalue weighted by Gasteiger charge is -2.17. The molecule has 2 N–H and O–H groups in total. The molecule has 86 valence electrons. The van der Waals surface area contributed by atoms with E-state index in [0.29, 0.717) is 11.7 Å². The Balaban J connectivity index is 2.90. The summed E-state index contributed by atoms with van der Waals surface area (Å²) in [5.74, 6) is 1.27. The normalized spacial score (nSPS) is 14.6. The number of methoxy groups -OCH3 is 1. The quantitative estimate of drug-likeness (QED) is 0.822. The predicted octanol–water partition coefficient (Wildman–Crippen LogP) is 1.61. The maximum absolute atomic E-state index is 5.91. The van der Waals surface area contributed by atoms with Gasteiger partial charge in [0.05, 0.1) is 6.04 Å². The van der Waals surface area contributed by atoms with Crippen molar-refractivity contribution in [2.75, 3.05) is 7.11 Å². The molecule has 0 aliphatic carbocycles. The van der Waals surface area contributed by atoms with Crippen LogP contribution in [0.2, 0.25) is 0 Å². The molecule has 15 heavy (non-hydrogen) atoms. The van der Waals surface area contributed by atoms with Crippen LogP contribution in [-0.4, -0.2) is 17.3 Å². The fraction of sp³-hybridized carbons (Fsp3) is 0.800. The molecular formula is C10H19N3O2. The van der Waals surface area contributed by atoms with Crippen LogP contribution in [0, 0.1) is 5.92 Å². The van der Waals surface area contributed by atoms with Crippen LogP contribution < -0.4 is 5.73 Å². The summed E-state index contributed by atoms with van der Waals surface area (Å²) in [5, 5.41) is 3.86. The molecule has 5 heteroatoms. The van der Waals surface area contributed by atoms with Gasteiger partial charge in [0.15, 0.2) is 5.82 Å². The van der Waals surface area contributed by atoms with Crippen molar-refractivity contribution < 1.29 is 9.26 Å². The summed E-state index contributed by atoms with van der Waals surface area (Å²) in [5.41, 5.74) is 5.34. The Labute approximate surface area is 90.0 Å². The molecule has 0 aliphatic heterocycles. The molecule has 0 saturated heterocycles. The van der Waals surface area contributed by atoms with Crippen molar-refractivity contribution >= 4 is 0 Å². The first-order chi connectivity index (χ1) is 6.88. The van der Waals surface area contributed by atoms with Crippen LogP contribution in [0.1, 0.15) is 45.5 Å². The number of aromatic nitrogens is 2. The van der Waals surface area contributed by atoms with Crippen molar-refractivity contribution in [3.05, 3.63) is 11.7 Å². The van der Waals surface area contributed by atoms with Crippen LogP contribution in [0.4, 0.5) is 0 Å². The lowest BCUT2D eigenvalue weighted by molar-refractivity contribution is -0.00786. The van der Waals surface area contributed by atoms with E-state index in [1.165, 1.54) is 0 Å². The Kier molecular flexibility index (Phi) is 3.46. The number of hydrogen-bond donors (Lipinski definition) is 1. The Hall–Kier alpha value is -0.940. The third kappa shape index (κ3) is 2.54. The van der Waals surface area contributed by atoms with Gasteiger partial charge in [-0.2, -0.15) is 4.98 Å². The lowest BCUT2D eigenvalue weighted by atomic mass is 10.1. The minimum atomic E-state index is -0.568. The SMILES string of the molecule is COC(C)(C)c1nc(C(N)C(C)C)no1. The van der Waals surface area contributed by atoms with Gasteiger partial charge in [-0.05, 0) is 19.8 Å². The Morgan fingerprint density at radius 1 is 1.40 bits per heavy atom. The third-order valence-electron chi connectivity index (χ3n) is 2.48.